The number of piperidine rings is 1. The maximum Gasteiger partial charge on any atom is 0.269 e. The molecule has 1 saturated heterocycles. The zero-order valence-corrected chi connectivity index (χ0v) is 13.4. The molecule has 0 aromatic carbocycles. The highest BCUT2D eigenvalue weighted by molar-refractivity contribution is 5.92. The van der Waals surface area contributed by atoms with Gasteiger partial charge in [0.1, 0.15) is 18.1 Å². The molecule has 0 spiro atoms. The summed E-state index contributed by atoms with van der Waals surface area (Å²) in [4.78, 5) is 14.5. The van der Waals surface area contributed by atoms with E-state index >= 15 is 0 Å². The second kappa shape index (κ2) is 6.98. The molecule has 1 N–H and O–H groups in total. The molecule has 130 valence electrons. The first-order valence-corrected chi connectivity index (χ1v) is 7.88. The molecule has 3 heterocycles. The molecule has 3 rings (SSSR count). The van der Waals surface area contributed by atoms with E-state index in [0.717, 1.165) is 29.9 Å². The van der Waals surface area contributed by atoms with Gasteiger partial charge in [-0.3, -0.25) is 14.2 Å². The van der Waals surface area contributed by atoms with Crippen LogP contribution in [0, 0.1) is 0 Å². The average Bonchev–Trinajstić information content (AvgIpc) is 3.16. The number of nitrogens with one attached hydrogen (secondary N) is 1. The van der Waals surface area contributed by atoms with Gasteiger partial charge in [0.15, 0.2) is 0 Å². The molecule has 1 amide bonds. The summed E-state index contributed by atoms with van der Waals surface area (Å²) in [7, 11) is 1.88. The van der Waals surface area contributed by atoms with Crippen LogP contribution in [0.4, 0.5) is 14.6 Å². The van der Waals surface area contributed by atoms with Crippen molar-refractivity contribution >= 4 is 11.7 Å². The fourth-order valence-corrected chi connectivity index (χ4v) is 3.04. The molecule has 0 unspecified atom stereocenters. The molecule has 0 bridgehead atoms. The van der Waals surface area contributed by atoms with Gasteiger partial charge in [-0.2, -0.15) is 10.2 Å². The van der Waals surface area contributed by atoms with Gasteiger partial charge in [-0.15, -0.1) is 0 Å². The number of alkyl halides is 2. The zero-order chi connectivity index (χ0) is 17.1. The van der Waals surface area contributed by atoms with Gasteiger partial charge < -0.3 is 10.2 Å². The van der Waals surface area contributed by atoms with E-state index in [2.05, 4.69) is 20.4 Å². The fraction of sp³-hybridized carbons (Fsp3) is 0.533. The third-order valence-electron chi connectivity index (χ3n) is 4.14. The minimum absolute atomic E-state index is 0.0453. The van der Waals surface area contributed by atoms with Gasteiger partial charge in [0.2, 0.25) is 0 Å². The quantitative estimate of drug-likeness (QED) is 0.892. The summed E-state index contributed by atoms with van der Waals surface area (Å²) >= 11 is 0. The maximum atomic E-state index is 12.5. The second-order valence-corrected chi connectivity index (χ2v) is 5.86. The minimum atomic E-state index is -2.55. The lowest BCUT2D eigenvalue weighted by molar-refractivity contribution is 0.0904. The molecule has 0 radical (unpaired) electrons. The number of halogens is 2. The summed E-state index contributed by atoms with van der Waals surface area (Å²) in [5, 5.41) is 10.9. The summed E-state index contributed by atoms with van der Waals surface area (Å²) < 4.78 is 27.9. The van der Waals surface area contributed by atoms with Gasteiger partial charge in [-0.1, -0.05) is 0 Å². The lowest BCUT2D eigenvalue weighted by Gasteiger charge is -2.34. The van der Waals surface area contributed by atoms with Crippen LogP contribution in [0.15, 0.2) is 24.5 Å². The van der Waals surface area contributed by atoms with Crippen molar-refractivity contribution in [3.8, 4) is 0 Å². The molecule has 2 aromatic rings. The monoisotopic (exact) mass is 338 g/mol. The Balaban J connectivity index is 1.64. The number of carbonyl (C=O) groups is 1. The van der Waals surface area contributed by atoms with Crippen molar-refractivity contribution in [3.63, 3.8) is 0 Å². The number of aromatic nitrogens is 4. The molecule has 2 aromatic heterocycles. The molecule has 1 fully saturated rings. The number of hydrogen-bond donors (Lipinski definition) is 1. The Bertz CT molecular complexity index is 698. The summed E-state index contributed by atoms with van der Waals surface area (Å²) in [6.07, 6.45) is 2.34. The van der Waals surface area contributed by atoms with Gasteiger partial charge in [-0.05, 0) is 18.9 Å². The smallest absolute Gasteiger partial charge is 0.269 e. The summed E-state index contributed by atoms with van der Waals surface area (Å²) in [6, 6.07) is 3.34. The Labute approximate surface area is 138 Å². The van der Waals surface area contributed by atoms with E-state index in [1.54, 1.807) is 10.9 Å². The minimum Gasteiger partial charge on any atom is -0.355 e. The highest BCUT2D eigenvalue weighted by Gasteiger charge is 2.24. The zero-order valence-electron chi connectivity index (χ0n) is 13.4. The van der Waals surface area contributed by atoms with Gasteiger partial charge in [0, 0.05) is 38.4 Å². The van der Waals surface area contributed by atoms with E-state index in [1.165, 1.54) is 12.3 Å². The van der Waals surface area contributed by atoms with Crippen LogP contribution in [0.2, 0.25) is 0 Å². The molecule has 1 aliphatic heterocycles. The number of carbonyl (C=O) groups excluding carboxylic acids is 1. The molecule has 7 nitrogen and oxygen atoms in total. The molecule has 0 saturated carbocycles. The van der Waals surface area contributed by atoms with Crippen LogP contribution in [-0.4, -0.2) is 51.0 Å². The summed E-state index contributed by atoms with van der Waals surface area (Å²) in [5.41, 5.74) is 0.160. The van der Waals surface area contributed by atoms with Gasteiger partial charge in [-0.25, -0.2) is 8.78 Å². The predicted octanol–water partition coefficient (Wildman–Crippen LogP) is 1.28. The van der Waals surface area contributed by atoms with Crippen LogP contribution in [0.3, 0.4) is 0 Å². The number of amides is 1. The highest BCUT2D eigenvalue weighted by atomic mass is 19.3. The first-order valence-electron chi connectivity index (χ1n) is 7.88. The number of anilines is 1. The van der Waals surface area contributed by atoms with E-state index in [9.17, 15) is 13.6 Å². The number of rotatable bonds is 5. The standard InChI is InChI=1S/C15H20F2N6O/c1-21-14(5-7-18-21)22-8-2-3-11(9-22)20-15(24)12-4-6-19-23(12)10-13(16)17/h4-7,11,13H,2-3,8-10H2,1H3,(H,20,24)/t11-/m1/s1. The van der Waals surface area contributed by atoms with Crippen molar-refractivity contribution in [3.05, 3.63) is 30.2 Å². The van der Waals surface area contributed by atoms with Crippen LogP contribution in [0.5, 0.6) is 0 Å². The number of aryl methyl sites for hydroxylation is 1. The van der Waals surface area contributed by atoms with E-state index in [-0.39, 0.29) is 17.6 Å². The third-order valence-corrected chi connectivity index (χ3v) is 4.14. The van der Waals surface area contributed by atoms with E-state index < -0.39 is 13.0 Å². The third kappa shape index (κ3) is 3.55. The first kappa shape index (κ1) is 16.4. The van der Waals surface area contributed by atoms with Crippen LogP contribution in [-0.2, 0) is 13.6 Å². The fourth-order valence-electron chi connectivity index (χ4n) is 3.04. The largest absolute Gasteiger partial charge is 0.355 e. The molecule has 1 aliphatic rings. The Morgan fingerprint density at radius 1 is 1.38 bits per heavy atom. The van der Waals surface area contributed by atoms with Gasteiger partial charge in [0.25, 0.3) is 12.3 Å². The molecule has 0 aliphatic carbocycles. The maximum absolute atomic E-state index is 12.5. The van der Waals surface area contributed by atoms with Crippen LogP contribution in [0.25, 0.3) is 0 Å². The number of nitrogens with zero attached hydrogens (tertiary/aromatic N) is 5. The first-order chi connectivity index (χ1) is 11.5. The highest BCUT2D eigenvalue weighted by Crippen LogP contribution is 2.19. The van der Waals surface area contributed by atoms with Crippen LogP contribution >= 0.6 is 0 Å². The second-order valence-electron chi connectivity index (χ2n) is 5.86. The molecule has 9 heteroatoms. The Hall–Kier alpha value is -2.45. The Kier molecular flexibility index (Phi) is 4.77. The van der Waals surface area contributed by atoms with Crippen molar-refractivity contribution in [1.29, 1.82) is 0 Å². The van der Waals surface area contributed by atoms with E-state index in [4.69, 9.17) is 0 Å². The predicted molar refractivity (Wildman–Crippen MR) is 84.1 cm³/mol. The van der Waals surface area contributed by atoms with Crippen molar-refractivity contribution in [2.75, 3.05) is 18.0 Å². The number of hydrogen-bond acceptors (Lipinski definition) is 4. The van der Waals surface area contributed by atoms with Crippen LogP contribution < -0.4 is 10.2 Å². The molecule has 1 atom stereocenters. The SMILES string of the molecule is Cn1nccc1N1CCC[C@@H](NC(=O)c2ccnn2CC(F)F)C1. The van der Waals surface area contributed by atoms with Crippen molar-refractivity contribution in [2.45, 2.75) is 31.9 Å². The summed E-state index contributed by atoms with van der Waals surface area (Å²) in [5.74, 6) is 0.627. The molecular weight excluding hydrogens is 318 g/mol. The summed E-state index contributed by atoms with van der Waals surface area (Å²) in [6.45, 7) is 0.977. The van der Waals surface area contributed by atoms with Gasteiger partial charge >= 0.3 is 0 Å². The lowest BCUT2D eigenvalue weighted by atomic mass is 10.1. The normalized spacial score (nSPS) is 18.2. The van der Waals surface area contributed by atoms with Gasteiger partial charge in [0.05, 0.1) is 6.20 Å². The Morgan fingerprint density at radius 2 is 2.17 bits per heavy atom. The van der Waals surface area contributed by atoms with E-state index in [1.807, 2.05) is 13.1 Å². The van der Waals surface area contributed by atoms with E-state index in [0.29, 0.717) is 6.54 Å². The topological polar surface area (TPSA) is 68.0 Å². The molecule has 24 heavy (non-hydrogen) atoms. The Morgan fingerprint density at radius 3 is 2.88 bits per heavy atom. The van der Waals surface area contributed by atoms with Crippen molar-refractivity contribution in [1.82, 2.24) is 24.9 Å². The molecular formula is C15H20F2N6O. The van der Waals surface area contributed by atoms with Crippen molar-refractivity contribution < 1.29 is 13.6 Å². The van der Waals surface area contributed by atoms with Crippen LogP contribution in [0.1, 0.15) is 23.3 Å². The lowest BCUT2D eigenvalue weighted by Crippen LogP contribution is -2.48. The average molecular weight is 338 g/mol. The van der Waals surface area contributed by atoms with Crippen molar-refractivity contribution in [2.24, 2.45) is 7.05 Å².